The van der Waals surface area contributed by atoms with Crippen LogP contribution < -0.4 is 5.73 Å². The number of methoxy groups -OCH3 is 1. The Bertz CT molecular complexity index is 566. The Morgan fingerprint density at radius 3 is 2.76 bits per heavy atom. The SMILES string of the molecule is COC(=O)c1c(-c2nccnc2C)csc1N. The Kier molecular flexibility index (Phi) is 3.06. The molecule has 0 aliphatic heterocycles. The summed E-state index contributed by atoms with van der Waals surface area (Å²) >= 11 is 1.29. The molecule has 88 valence electrons. The van der Waals surface area contributed by atoms with Crippen molar-refractivity contribution >= 4 is 22.3 Å². The number of anilines is 1. The summed E-state index contributed by atoms with van der Waals surface area (Å²) in [4.78, 5) is 20.0. The molecule has 0 unspecified atom stereocenters. The maximum absolute atomic E-state index is 11.7. The second-order valence-electron chi connectivity index (χ2n) is 3.37. The van der Waals surface area contributed by atoms with Gasteiger partial charge in [0.25, 0.3) is 0 Å². The Hall–Kier alpha value is -1.95. The highest BCUT2D eigenvalue weighted by Gasteiger charge is 2.21. The summed E-state index contributed by atoms with van der Waals surface area (Å²) in [5.41, 5.74) is 8.21. The number of hydrogen-bond acceptors (Lipinski definition) is 6. The van der Waals surface area contributed by atoms with Gasteiger partial charge in [0.15, 0.2) is 0 Å². The average Bonchev–Trinajstić information content (AvgIpc) is 2.71. The predicted octanol–water partition coefficient (Wildman–Crippen LogP) is 1.88. The summed E-state index contributed by atoms with van der Waals surface area (Å²) < 4.78 is 4.72. The van der Waals surface area contributed by atoms with Crippen molar-refractivity contribution < 1.29 is 9.53 Å². The monoisotopic (exact) mass is 249 g/mol. The van der Waals surface area contributed by atoms with E-state index >= 15 is 0 Å². The lowest BCUT2D eigenvalue weighted by Crippen LogP contribution is -2.05. The number of esters is 1. The number of nitrogens with two attached hydrogens (primary N) is 1. The normalized spacial score (nSPS) is 10.2. The van der Waals surface area contributed by atoms with Gasteiger partial charge in [0.2, 0.25) is 0 Å². The number of aryl methyl sites for hydroxylation is 1. The van der Waals surface area contributed by atoms with E-state index in [2.05, 4.69) is 9.97 Å². The number of nitrogen functional groups attached to an aromatic ring is 1. The molecule has 0 atom stereocenters. The Morgan fingerprint density at radius 2 is 2.12 bits per heavy atom. The van der Waals surface area contributed by atoms with E-state index in [1.54, 1.807) is 17.8 Å². The first-order chi connectivity index (χ1) is 8.15. The van der Waals surface area contributed by atoms with Crippen LogP contribution in [-0.2, 0) is 4.74 Å². The Labute approximate surface area is 102 Å². The smallest absolute Gasteiger partial charge is 0.341 e. The summed E-state index contributed by atoms with van der Waals surface area (Å²) in [6, 6.07) is 0. The number of carbonyl (C=O) groups excluding carboxylic acids is 1. The third-order valence-corrected chi connectivity index (χ3v) is 3.16. The highest BCUT2D eigenvalue weighted by molar-refractivity contribution is 7.14. The molecule has 0 fully saturated rings. The first-order valence-electron chi connectivity index (χ1n) is 4.88. The summed E-state index contributed by atoms with van der Waals surface area (Å²) in [7, 11) is 1.33. The maximum atomic E-state index is 11.7. The molecule has 6 heteroatoms. The zero-order valence-electron chi connectivity index (χ0n) is 9.43. The van der Waals surface area contributed by atoms with Gasteiger partial charge >= 0.3 is 5.97 Å². The second kappa shape index (κ2) is 4.50. The largest absolute Gasteiger partial charge is 0.465 e. The molecule has 0 spiro atoms. The van der Waals surface area contributed by atoms with Crippen molar-refractivity contribution in [3.63, 3.8) is 0 Å². The fourth-order valence-corrected chi connectivity index (χ4v) is 2.32. The van der Waals surface area contributed by atoms with E-state index in [1.165, 1.54) is 18.4 Å². The zero-order chi connectivity index (χ0) is 12.4. The van der Waals surface area contributed by atoms with Crippen LogP contribution in [0.3, 0.4) is 0 Å². The molecule has 5 nitrogen and oxygen atoms in total. The molecule has 2 aromatic rings. The molecular formula is C11H11N3O2S. The van der Waals surface area contributed by atoms with Crippen LogP contribution in [0.2, 0.25) is 0 Å². The molecule has 2 rings (SSSR count). The first kappa shape index (κ1) is 11.5. The van der Waals surface area contributed by atoms with E-state index in [4.69, 9.17) is 10.5 Å². The summed E-state index contributed by atoms with van der Waals surface area (Å²) in [6.45, 7) is 1.83. The van der Waals surface area contributed by atoms with Crippen LogP contribution in [0.4, 0.5) is 5.00 Å². The molecule has 2 heterocycles. The van der Waals surface area contributed by atoms with Gasteiger partial charge in [-0.25, -0.2) is 4.79 Å². The molecule has 2 aromatic heterocycles. The molecular weight excluding hydrogens is 238 g/mol. The molecule has 2 N–H and O–H groups in total. The number of aromatic nitrogens is 2. The van der Waals surface area contributed by atoms with Crippen LogP contribution in [0.25, 0.3) is 11.3 Å². The number of carbonyl (C=O) groups is 1. The minimum atomic E-state index is -0.455. The van der Waals surface area contributed by atoms with Crippen molar-refractivity contribution in [3.05, 3.63) is 29.0 Å². The lowest BCUT2D eigenvalue weighted by Gasteiger charge is -2.04. The minimum absolute atomic E-state index is 0.362. The molecule has 17 heavy (non-hydrogen) atoms. The zero-order valence-corrected chi connectivity index (χ0v) is 10.2. The maximum Gasteiger partial charge on any atom is 0.341 e. The molecule has 0 saturated carbocycles. The van der Waals surface area contributed by atoms with Crippen LogP contribution in [0.5, 0.6) is 0 Å². The first-order valence-corrected chi connectivity index (χ1v) is 5.76. The fraction of sp³-hybridized carbons (Fsp3) is 0.182. The molecule has 0 aromatic carbocycles. The van der Waals surface area contributed by atoms with Crippen molar-refractivity contribution in [2.45, 2.75) is 6.92 Å². The van der Waals surface area contributed by atoms with Crippen LogP contribution >= 0.6 is 11.3 Å². The van der Waals surface area contributed by atoms with Crippen molar-refractivity contribution in [1.82, 2.24) is 9.97 Å². The van der Waals surface area contributed by atoms with Gasteiger partial charge in [0.05, 0.1) is 18.5 Å². The van der Waals surface area contributed by atoms with Gasteiger partial charge in [-0.1, -0.05) is 0 Å². The van der Waals surface area contributed by atoms with Gasteiger partial charge in [-0.3, -0.25) is 9.97 Å². The van der Waals surface area contributed by atoms with Crippen molar-refractivity contribution in [2.75, 3.05) is 12.8 Å². The number of hydrogen-bond donors (Lipinski definition) is 1. The van der Waals surface area contributed by atoms with E-state index in [0.29, 0.717) is 21.8 Å². The third kappa shape index (κ3) is 1.99. The van der Waals surface area contributed by atoms with Crippen molar-refractivity contribution in [3.8, 4) is 11.3 Å². The van der Waals surface area contributed by atoms with Crippen LogP contribution in [0.15, 0.2) is 17.8 Å². The molecule has 0 aliphatic carbocycles. The van der Waals surface area contributed by atoms with Crippen LogP contribution in [-0.4, -0.2) is 23.0 Å². The lowest BCUT2D eigenvalue weighted by atomic mass is 10.1. The van der Waals surface area contributed by atoms with Crippen molar-refractivity contribution in [1.29, 1.82) is 0 Å². The van der Waals surface area contributed by atoms with Gasteiger partial charge < -0.3 is 10.5 Å². The second-order valence-corrected chi connectivity index (χ2v) is 4.28. The third-order valence-electron chi connectivity index (χ3n) is 2.35. The number of nitrogens with zero attached hydrogens (tertiary/aromatic N) is 2. The van der Waals surface area contributed by atoms with Gasteiger partial charge in [-0.05, 0) is 6.92 Å². The minimum Gasteiger partial charge on any atom is -0.465 e. The van der Waals surface area contributed by atoms with Gasteiger partial charge in [0, 0.05) is 23.3 Å². The molecule has 0 amide bonds. The van der Waals surface area contributed by atoms with Crippen molar-refractivity contribution in [2.24, 2.45) is 0 Å². The van der Waals surface area contributed by atoms with Gasteiger partial charge in [-0.2, -0.15) is 0 Å². The highest BCUT2D eigenvalue weighted by Crippen LogP contribution is 2.33. The fourth-order valence-electron chi connectivity index (χ4n) is 1.53. The van der Waals surface area contributed by atoms with E-state index in [-0.39, 0.29) is 0 Å². The highest BCUT2D eigenvalue weighted by atomic mass is 32.1. The number of ether oxygens (including phenoxy) is 1. The summed E-state index contributed by atoms with van der Waals surface area (Å²) in [5, 5.41) is 2.22. The molecule has 0 saturated heterocycles. The van der Waals surface area contributed by atoms with Crippen LogP contribution in [0, 0.1) is 6.92 Å². The quantitative estimate of drug-likeness (QED) is 0.822. The lowest BCUT2D eigenvalue weighted by molar-refractivity contribution is 0.0603. The summed E-state index contributed by atoms with van der Waals surface area (Å²) in [6.07, 6.45) is 3.18. The molecule has 0 radical (unpaired) electrons. The van der Waals surface area contributed by atoms with E-state index in [1.807, 2.05) is 6.92 Å². The Morgan fingerprint density at radius 1 is 1.41 bits per heavy atom. The van der Waals surface area contributed by atoms with Crippen LogP contribution in [0.1, 0.15) is 16.1 Å². The average molecular weight is 249 g/mol. The number of rotatable bonds is 2. The van der Waals surface area contributed by atoms with Gasteiger partial charge in [-0.15, -0.1) is 11.3 Å². The molecule has 0 aliphatic rings. The predicted molar refractivity (Wildman–Crippen MR) is 65.8 cm³/mol. The summed E-state index contributed by atoms with van der Waals surface area (Å²) in [5.74, 6) is -0.455. The number of thiophene rings is 1. The molecule has 0 bridgehead atoms. The van der Waals surface area contributed by atoms with Gasteiger partial charge in [0.1, 0.15) is 10.6 Å². The van der Waals surface area contributed by atoms with E-state index < -0.39 is 5.97 Å². The Balaban J connectivity index is 2.61. The standard InChI is InChI=1S/C11H11N3O2S/c1-6-9(14-4-3-13-6)7-5-17-10(12)8(7)11(15)16-2/h3-5H,12H2,1-2H3. The topological polar surface area (TPSA) is 78.1 Å². The van der Waals surface area contributed by atoms with E-state index in [9.17, 15) is 4.79 Å². The van der Waals surface area contributed by atoms with E-state index in [0.717, 1.165) is 5.69 Å².